The van der Waals surface area contributed by atoms with Crippen molar-refractivity contribution >= 4 is 33.4 Å². The highest BCUT2D eigenvalue weighted by Crippen LogP contribution is 2.30. The molecule has 1 saturated carbocycles. The molecule has 0 atom stereocenters. The largest absolute Gasteiger partial charge is 0.352 e. The van der Waals surface area contributed by atoms with Crippen LogP contribution in [0.1, 0.15) is 49.4 Å². The molecule has 1 aliphatic carbocycles. The predicted octanol–water partition coefficient (Wildman–Crippen LogP) is 5.05. The van der Waals surface area contributed by atoms with Crippen molar-refractivity contribution in [3.05, 3.63) is 33.3 Å². The maximum atomic E-state index is 12.2. The number of carbonyl (C=O) groups is 1. The first-order valence-corrected chi connectivity index (χ1v) is 8.50. The fourth-order valence-corrected chi connectivity index (χ4v) is 3.41. The summed E-state index contributed by atoms with van der Waals surface area (Å²) in [6.45, 7) is 3.03. The van der Waals surface area contributed by atoms with Crippen LogP contribution in [0.15, 0.2) is 22.7 Å². The quantitative estimate of drug-likeness (QED) is 0.802. The molecule has 1 aromatic carbocycles. The molecule has 0 aromatic heterocycles. The molecule has 2 nitrogen and oxygen atoms in total. The maximum absolute atomic E-state index is 12.2. The van der Waals surface area contributed by atoms with Crippen LogP contribution < -0.4 is 5.32 Å². The molecule has 1 aliphatic rings. The molecule has 2 rings (SSSR count). The zero-order valence-electron chi connectivity index (χ0n) is 11.8. The summed E-state index contributed by atoms with van der Waals surface area (Å²) in [6, 6.07) is 5.35. The highest BCUT2D eigenvalue weighted by molar-refractivity contribution is 9.10. The summed E-state index contributed by atoms with van der Waals surface area (Å²) in [6.07, 6.45) is 6.34. The van der Waals surface area contributed by atoms with Gasteiger partial charge in [0, 0.05) is 11.0 Å². The number of benzene rings is 1. The van der Waals surface area contributed by atoms with Crippen molar-refractivity contribution < 1.29 is 4.79 Å². The lowest BCUT2D eigenvalue weighted by Crippen LogP contribution is -2.31. The zero-order chi connectivity index (χ0) is 14.5. The van der Waals surface area contributed by atoms with Gasteiger partial charge < -0.3 is 5.32 Å². The van der Waals surface area contributed by atoms with Crippen molar-refractivity contribution in [1.29, 1.82) is 0 Å². The summed E-state index contributed by atoms with van der Waals surface area (Å²) in [7, 11) is 0. The third-order valence-corrected chi connectivity index (χ3v) is 5.09. The number of rotatable bonds is 4. The molecule has 1 fully saturated rings. The Bertz CT molecular complexity index is 470. The highest BCUT2D eigenvalue weighted by Gasteiger charge is 2.21. The molecule has 4 heteroatoms. The molecule has 0 unspecified atom stereocenters. The van der Waals surface area contributed by atoms with E-state index in [0.717, 1.165) is 16.9 Å². The van der Waals surface area contributed by atoms with Gasteiger partial charge in [0.15, 0.2) is 0 Å². The molecular formula is C16H21BrClNO. The lowest BCUT2D eigenvalue weighted by Gasteiger charge is -2.27. The van der Waals surface area contributed by atoms with E-state index in [1.807, 2.05) is 6.07 Å². The van der Waals surface area contributed by atoms with Crippen LogP contribution in [-0.4, -0.2) is 12.5 Å². The Labute approximate surface area is 134 Å². The van der Waals surface area contributed by atoms with E-state index >= 15 is 0 Å². The normalized spacial score (nSPS) is 22.6. The summed E-state index contributed by atoms with van der Waals surface area (Å²) >= 11 is 9.44. The average molecular weight is 359 g/mol. The minimum Gasteiger partial charge on any atom is -0.352 e. The van der Waals surface area contributed by atoms with Gasteiger partial charge in [0.2, 0.25) is 0 Å². The molecule has 0 bridgehead atoms. The Balaban J connectivity index is 1.85. The van der Waals surface area contributed by atoms with Gasteiger partial charge in [-0.2, -0.15) is 0 Å². The van der Waals surface area contributed by atoms with Crippen molar-refractivity contribution in [3.63, 3.8) is 0 Å². The summed E-state index contributed by atoms with van der Waals surface area (Å²) < 4.78 is 0.871. The van der Waals surface area contributed by atoms with E-state index in [0.29, 0.717) is 16.5 Å². The second-order valence-corrected chi connectivity index (χ2v) is 6.95. The van der Waals surface area contributed by atoms with Gasteiger partial charge >= 0.3 is 0 Å². The Morgan fingerprint density at radius 2 is 1.95 bits per heavy atom. The van der Waals surface area contributed by atoms with Crippen LogP contribution in [0.2, 0.25) is 5.02 Å². The van der Waals surface area contributed by atoms with Crippen LogP contribution in [0.25, 0.3) is 0 Å². The van der Waals surface area contributed by atoms with Crippen molar-refractivity contribution in [2.45, 2.75) is 39.0 Å². The topological polar surface area (TPSA) is 29.1 Å². The van der Waals surface area contributed by atoms with Gasteiger partial charge in [0.1, 0.15) is 0 Å². The monoisotopic (exact) mass is 357 g/mol. The van der Waals surface area contributed by atoms with E-state index < -0.39 is 0 Å². The Morgan fingerprint density at radius 3 is 2.60 bits per heavy atom. The van der Waals surface area contributed by atoms with Gasteiger partial charge in [-0.25, -0.2) is 0 Å². The van der Waals surface area contributed by atoms with Crippen LogP contribution in [0, 0.1) is 11.8 Å². The fourth-order valence-electron chi connectivity index (χ4n) is 2.85. The SMILES string of the molecule is CCC1CCC(CNC(=O)c2cc(Br)ccc2Cl)CC1. The lowest BCUT2D eigenvalue weighted by atomic mass is 9.81. The molecule has 0 heterocycles. The van der Waals surface area contributed by atoms with E-state index in [-0.39, 0.29) is 5.91 Å². The van der Waals surface area contributed by atoms with Crippen LogP contribution in [-0.2, 0) is 0 Å². The molecule has 0 radical (unpaired) electrons. The molecule has 0 spiro atoms. The van der Waals surface area contributed by atoms with Crippen molar-refractivity contribution in [2.75, 3.05) is 6.54 Å². The first-order valence-electron chi connectivity index (χ1n) is 7.33. The second-order valence-electron chi connectivity index (χ2n) is 5.63. The molecule has 0 aliphatic heterocycles. The third-order valence-electron chi connectivity index (χ3n) is 4.27. The predicted molar refractivity (Wildman–Crippen MR) is 87.2 cm³/mol. The summed E-state index contributed by atoms with van der Waals surface area (Å²) in [5.41, 5.74) is 0.545. The van der Waals surface area contributed by atoms with E-state index in [9.17, 15) is 4.79 Å². The van der Waals surface area contributed by atoms with Crippen LogP contribution >= 0.6 is 27.5 Å². The van der Waals surface area contributed by atoms with Gasteiger partial charge in [-0.1, -0.05) is 53.7 Å². The summed E-state index contributed by atoms with van der Waals surface area (Å²) in [4.78, 5) is 12.2. The minimum absolute atomic E-state index is 0.0751. The number of halogens is 2. The first-order chi connectivity index (χ1) is 9.60. The molecule has 0 saturated heterocycles. The fraction of sp³-hybridized carbons (Fsp3) is 0.562. The lowest BCUT2D eigenvalue weighted by molar-refractivity contribution is 0.0941. The van der Waals surface area contributed by atoms with Gasteiger partial charge in [-0.15, -0.1) is 0 Å². The summed E-state index contributed by atoms with van der Waals surface area (Å²) in [5.74, 6) is 1.43. The van der Waals surface area contributed by atoms with Gasteiger partial charge in [-0.05, 0) is 42.9 Å². The van der Waals surface area contributed by atoms with E-state index in [2.05, 4.69) is 28.2 Å². The third kappa shape index (κ3) is 4.23. The first kappa shape index (κ1) is 15.8. The molecule has 1 amide bonds. The van der Waals surface area contributed by atoms with Crippen LogP contribution in [0.3, 0.4) is 0 Å². The zero-order valence-corrected chi connectivity index (χ0v) is 14.1. The smallest absolute Gasteiger partial charge is 0.252 e. The highest BCUT2D eigenvalue weighted by atomic mass is 79.9. The Morgan fingerprint density at radius 1 is 1.30 bits per heavy atom. The number of hydrogen-bond donors (Lipinski definition) is 1. The maximum Gasteiger partial charge on any atom is 0.252 e. The van der Waals surface area contributed by atoms with Gasteiger partial charge in [0.05, 0.1) is 10.6 Å². The van der Waals surface area contributed by atoms with Crippen molar-refractivity contribution in [3.8, 4) is 0 Å². The number of amides is 1. The van der Waals surface area contributed by atoms with Gasteiger partial charge in [0.25, 0.3) is 5.91 Å². The second kappa shape index (κ2) is 7.46. The van der Waals surface area contributed by atoms with Crippen LogP contribution in [0.4, 0.5) is 0 Å². The van der Waals surface area contributed by atoms with Crippen LogP contribution in [0.5, 0.6) is 0 Å². The Kier molecular flexibility index (Phi) is 5.91. The van der Waals surface area contributed by atoms with Gasteiger partial charge in [-0.3, -0.25) is 4.79 Å². The molecular weight excluding hydrogens is 338 g/mol. The number of carbonyl (C=O) groups excluding carboxylic acids is 1. The molecule has 1 aromatic rings. The van der Waals surface area contributed by atoms with Crippen molar-refractivity contribution in [2.24, 2.45) is 11.8 Å². The van der Waals surface area contributed by atoms with Crippen molar-refractivity contribution in [1.82, 2.24) is 5.32 Å². The Hall–Kier alpha value is -0.540. The van der Waals surface area contributed by atoms with E-state index in [1.165, 1.54) is 32.1 Å². The van der Waals surface area contributed by atoms with E-state index in [4.69, 9.17) is 11.6 Å². The molecule has 110 valence electrons. The molecule has 20 heavy (non-hydrogen) atoms. The molecule has 1 N–H and O–H groups in total. The number of hydrogen-bond acceptors (Lipinski definition) is 1. The minimum atomic E-state index is -0.0751. The standard InChI is InChI=1S/C16H21BrClNO/c1-2-11-3-5-12(6-4-11)10-19-16(20)14-9-13(17)7-8-15(14)18/h7-9,11-12H,2-6,10H2,1H3,(H,19,20). The average Bonchev–Trinajstić information content (AvgIpc) is 2.47. The van der Waals surface area contributed by atoms with E-state index in [1.54, 1.807) is 12.1 Å². The number of nitrogens with one attached hydrogen (secondary N) is 1. The summed E-state index contributed by atoms with van der Waals surface area (Å²) in [5, 5.41) is 3.53.